The molecule has 2 aromatic carbocycles. The first-order valence-corrected chi connectivity index (χ1v) is 17.9. The number of carbonyl (C=O) groups excluding carboxylic acids is 2. The molecule has 16 heteroatoms. The normalized spacial score (nSPS) is 12.4. The van der Waals surface area contributed by atoms with Gasteiger partial charge in [-0.3, -0.25) is 18.4 Å². The summed E-state index contributed by atoms with van der Waals surface area (Å²) in [5.41, 5.74) is 18.5. The van der Waals surface area contributed by atoms with Gasteiger partial charge in [-0.25, -0.2) is 28.7 Å². The maximum absolute atomic E-state index is 13.4. The third-order valence-electron chi connectivity index (χ3n) is 9.41. The molecule has 0 saturated carbocycles. The van der Waals surface area contributed by atoms with Crippen LogP contribution in [0.15, 0.2) is 110 Å². The van der Waals surface area contributed by atoms with Crippen molar-refractivity contribution in [2.75, 3.05) is 6.61 Å². The molecule has 0 aliphatic carbocycles. The Morgan fingerprint density at radius 1 is 0.667 bits per heavy atom. The molecule has 2 amide bonds. The van der Waals surface area contributed by atoms with E-state index in [0.717, 1.165) is 33.6 Å². The fourth-order valence-corrected chi connectivity index (χ4v) is 6.66. The predicted molar refractivity (Wildman–Crippen MR) is 209 cm³/mol. The van der Waals surface area contributed by atoms with Crippen molar-refractivity contribution in [1.82, 2.24) is 37.9 Å². The van der Waals surface area contributed by atoms with Gasteiger partial charge in [0.1, 0.15) is 34.3 Å². The van der Waals surface area contributed by atoms with Crippen molar-refractivity contribution in [3.05, 3.63) is 133 Å². The summed E-state index contributed by atoms with van der Waals surface area (Å²) in [5.74, 6) is -1.81. The van der Waals surface area contributed by atoms with Gasteiger partial charge in [-0.15, -0.1) is 0 Å². The van der Waals surface area contributed by atoms with Gasteiger partial charge in [-0.05, 0) is 93.1 Å². The summed E-state index contributed by atoms with van der Waals surface area (Å²) in [6.07, 6.45) is 9.71. The topological polar surface area (TPSA) is 197 Å². The SMILES string of the molecule is CC(CCO)n1cnc(-c2ccc(F)cc2)c1-c1ccc2ncc(C(N)=O)n2c1.C[C@@H](O)Cn1cnc(-c2ccc(F)cc2)c1-c1ccc2ncc(C(N)=O)n2c1. The van der Waals surface area contributed by atoms with E-state index >= 15 is 0 Å². The highest BCUT2D eigenvalue weighted by Gasteiger charge is 2.21. The smallest absolute Gasteiger partial charge is 0.267 e. The van der Waals surface area contributed by atoms with Crippen molar-refractivity contribution in [3.8, 4) is 45.0 Å². The van der Waals surface area contributed by atoms with Crippen LogP contribution in [0.4, 0.5) is 8.78 Å². The number of primary amides is 2. The maximum atomic E-state index is 13.4. The van der Waals surface area contributed by atoms with Crippen LogP contribution >= 0.6 is 0 Å². The fraction of sp³-hybridized carbons (Fsp3) is 0.171. The average molecular weight is 773 g/mol. The van der Waals surface area contributed by atoms with E-state index in [4.69, 9.17) is 11.5 Å². The summed E-state index contributed by atoms with van der Waals surface area (Å²) in [7, 11) is 0. The molecule has 1 unspecified atom stereocenters. The lowest BCUT2D eigenvalue weighted by Crippen LogP contribution is -2.14. The third-order valence-corrected chi connectivity index (χ3v) is 9.41. The number of carbonyl (C=O) groups is 2. The monoisotopic (exact) mass is 772 g/mol. The van der Waals surface area contributed by atoms with E-state index in [1.165, 1.54) is 36.7 Å². The van der Waals surface area contributed by atoms with Crippen LogP contribution in [-0.4, -0.2) is 72.6 Å². The number of aliphatic hydroxyl groups is 2. The number of hydrogen-bond donors (Lipinski definition) is 4. The third kappa shape index (κ3) is 7.76. The quantitative estimate of drug-likeness (QED) is 0.132. The molecule has 8 rings (SSSR count). The van der Waals surface area contributed by atoms with Crippen LogP contribution in [0, 0.1) is 11.6 Å². The fourth-order valence-electron chi connectivity index (χ4n) is 6.66. The number of hydrogen-bond acceptors (Lipinski definition) is 8. The Morgan fingerprint density at radius 2 is 1.12 bits per heavy atom. The van der Waals surface area contributed by atoms with Gasteiger partial charge in [0.15, 0.2) is 0 Å². The van der Waals surface area contributed by atoms with Crippen molar-refractivity contribution in [2.24, 2.45) is 11.5 Å². The molecule has 0 radical (unpaired) electrons. The molecule has 0 saturated heterocycles. The van der Waals surface area contributed by atoms with Crippen LogP contribution in [0.2, 0.25) is 0 Å². The lowest BCUT2D eigenvalue weighted by Gasteiger charge is -2.17. The van der Waals surface area contributed by atoms with Gasteiger partial charge >= 0.3 is 0 Å². The number of benzene rings is 2. The summed E-state index contributed by atoms with van der Waals surface area (Å²) in [6, 6.07) is 19.5. The van der Waals surface area contributed by atoms with E-state index < -0.39 is 17.9 Å². The van der Waals surface area contributed by atoms with Gasteiger partial charge in [0.25, 0.3) is 11.8 Å². The second kappa shape index (κ2) is 16.0. The number of halogens is 2. The number of nitrogens with zero attached hydrogens (tertiary/aromatic N) is 8. The molecule has 14 nitrogen and oxygen atoms in total. The van der Waals surface area contributed by atoms with Crippen LogP contribution in [0.25, 0.3) is 56.3 Å². The standard InChI is InChI=1S/C21H20FN5O2.C20H18FN5O2/c1-13(8-9-28)27-12-25-19(14-2-5-16(22)6-3-14)20(27)15-4-7-18-24-10-17(21(23)29)26(18)11-15;1-12(27)9-25-11-24-18(13-2-5-15(21)6-3-13)19(25)14-4-7-17-23-8-16(20(22)28)26(17)10-14/h2-7,10-13,28H,8-9H2,1H3,(H2,23,29);2-8,10-12,27H,9H2,1H3,(H2,22,28)/t;12-/m.1/s1. The van der Waals surface area contributed by atoms with Crippen molar-refractivity contribution in [2.45, 2.75) is 39.0 Å². The number of nitrogens with two attached hydrogens (primary N) is 2. The minimum absolute atomic E-state index is 0.0224. The zero-order valence-corrected chi connectivity index (χ0v) is 30.9. The predicted octanol–water partition coefficient (Wildman–Crippen LogP) is 5.53. The Balaban J connectivity index is 0.000000174. The minimum atomic E-state index is -0.591. The molecule has 2 atom stereocenters. The maximum Gasteiger partial charge on any atom is 0.267 e. The number of aliphatic hydroxyl groups excluding tert-OH is 2. The minimum Gasteiger partial charge on any atom is -0.396 e. The van der Waals surface area contributed by atoms with E-state index in [0.29, 0.717) is 35.6 Å². The highest BCUT2D eigenvalue weighted by Crippen LogP contribution is 2.35. The molecule has 6 heterocycles. The van der Waals surface area contributed by atoms with Crippen LogP contribution in [-0.2, 0) is 6.54 Å². The molecular weight excluding hydrogens is 735 g/mol. The Kier molecular flexibility index (Phi) is 10.7. The molecule has 8 aromatic rings. The molecule has 57 heavy (non-hydrogen) atoms. The number of aromatic nitrogens is 8. The van der Waals surface area contributed by atoms with Gasteiger partial charge in [0.05, 0.1) is 53.9 Å². The van der Waals surface area contributed by atoms with Gasteiger partial charge in [0, 0.05) is 53.8 Å². The average Bonchev–Trinajstić information content (AvgIpc) is 4.00. The van der Waals surface area contributed by atoms with Crippen molar-refractivity contribution in [3.63, 3.8) is 0 Å². The highest BCUT2D eigenvalue weighted by atomic mass is 19.1. The van der Waals surface area contributed by atoms with Gasteiger partial charge in [-0.2, -0.15) is 0 Å². The van der Waals surface area contributed by atoms with Crippen molar-refractivity contribution >= 4 is 23.1 Å². The van der Waals surface area contributed by atoms with E-state index in [-0.39, 0.29) is 35.7 Å². The number of pyridine rings is 2. The number of amides is 2. The molecule has 0 bridgehead atoms. The summed E-state index contributed by atoms with van der Waals surface area (Å²) in [6.45, 7) is 4.04. The summed E-state index contributed by atoms with van der Waals surface area (Å²) in [4.78, 5) is 40.8. The summed E-state index contributed by atoms with van der Waals surface area (Å²) < 4.78 is 33.8. The first-order valence-electron chi connectivity index (χ1n) is 17.9. The van der Waals surface area contributed by atoms with Gasteiger partial charge in [-0.1, -0.05) is 0 Å². The molecule has 0 aliphatic heterocycles. The van der Waals surface area contributed by atoms with E-state index in [9.17, 15) is 28.6 Å². The Bertz CT molecular complexity index is 2710. The molecule has 0 aliphatic rings. The number of rotatable bonds is 11. The Hall–Kier alpha value is -7.04. The lowest BCUT2D eigenvalue weighted by molar-refractivity contribution is 0.0986. The van der Waals surface area contributed by atoms with Crippen LogP contribution in [0.1, 0.15) is 47.3 Å². The zero-order chi connectivity index (χ0) is 40.4. The number of fused-ring (bicyclic) bond motifs is 2. The molecule has 0 fully saturated rings. The van der Waals surface area contributed by atoms with E-state index in [1.54, 1.807) is 77.2 Å². The second-order valence-corrected chi connectivity index (χ2v) is 13.5. The number of imidazole rings is 4. The summed E-state index contributed by atoms with van der Waals surface area (Å²) in [5, 5.41) is 19.3. The molecular formula is C41H38F2N10O4. The van der Waals surface area contributed by atoms with Crippen molar-refractivity contribution < 1.29 is 28.6 Å². The molecule has 6 aromatic heterocycles. The van der Waals surface area contributed by atoms with Gasteiger partial charge < -0.3 is 30.8 Å². The van der Waals surface area contributed by atoms with E-state index in [2.05, 4.69) is 19.9 Å². The van der Waals surface area contributed by atoms with Crippen molar-refractivity contribution in [1.29, 1.82) is 0 Å². The highest BCUT2D eigenvalue weighted by molar-refractivity contribution is 5.93. The zero-order valence-electron chi connectivity index (χ0n) is 30.9. The largest absolute Gasteiger partial charge is 0.396 e. The molecule has 290 valence electrons. The Labute approximate surface area is 324 Å². The lowest BCUT2D eigenvalue weighted by atomic mass is 10.0. The second-order valence-electron chi connectivity index (χ2n) is 13.5. The summed E-state index contributed by atoms with van der Waals surface area (Å²) >= 11 is 0. The molecule has 0 spiro atoms. The molecule has 6 N–H and O–H groups in total. The first kappa shape index (κ1) is 38.2. The van der Waals surface area contributed by atoms with E-state index in [1.807, 2.05) is 28.2 Å². The first-order chi connectivity index (χ1) is 27.4. The van der Waals surface area contributed by atoms with Crippen LogP contribution in [0.5, 0.6) is 0 Å². The Morgan fingerprint density at radius 3 is 1.60 bits per heavy atom. The van der Waals surface area contributed by atoms with Crippen LogP contribution in [0.3, 0.4) is 0 Å². The van der Waals surface area contributed by atoms with Gasteiger partial charge in [0.2, 0.25) is 0 Å². The van der Waals surface area contributed by atoms with Crippen LogP contribution < -0.4 is 11.5 Å².